The van der Waals surface area contributed by atoms with E-state index in [1.54, 1.807) is 6.33 Å². The number of rotatable bonds is 4. The summed E-state index contributed by atoms with van der Waals surface area (Å²) in [6, 6.07) is 8.19. The van der Waals surface area contributed by atoms with Gasteiger partial charge in [0.1, 0.15) is 29.2 Å². The second kappa shape index (κ2) is 6.71. The maximum atomic E-state index is 6.13. The number of benzene rings is 1. The molecule has 1 aliphatic heterocycles. The maximum Gasteiger partial charge on any atom is 0.132 e. The highest BCUT2D eigenvalue weighted by molar-refractivity contribution is 5.93. The fraction of sp³-hybridized carbons (Fsp3) is 0.522. The molecule has 3 aromatic rings. The second-order valence-corrected chi connectivity index (χ2v) is 8.68. The van der Waals surface area contributed by atoms with E-state index in [-0.39, 0.29) is 7.03 Å². The summed E-state index contributed by atoms with van der Waals surface area (Å²) in [7, 11) is 0. The zero-order chi connectivity index (χ0) is 20.2. The molecule has 2 aliphatic carbocycles. The number of aromatic amines is 1. The summed E-state index contributed by atoms with van der Waals surface area (Å²) in [5.74, 6) is 4.47. The molecule has 3 fully saturated rings. The number of hydrogen-bond donors (Lipinski definition) is 1. The van der Waals surface area contributed by atoms with Gasteiger partial charge in [0.15, 0.2) is 0 Å². The van der Waals surface area contributed by atoms with Crippen molar-refractivity contribution < 1.29 is 6.16 Å². The molecule has 1 saturated heterocycles. The summed E-state index contributed by atoms with van der Waals surface area (Å²) in [5, 5.41) is 8.70. The van der Waals surface area contributed by atoms with Gasteiger partial charge in [-0.15, -0.1) is 0 Å². The minimum atomic E-state index is 0. The minimum Gasteiger partial charge on any atom is -0.488 e. The highest BCUT2D eigenvalue weighted by atomic mass is 16.5. The van der Waals surface area contributed by atoms with Crippen LogP contribution in [0.2, 0.25) is 0 Å². The van der Waals surface area contributed by atoms with E-state index in [1.807, 2.05) is 26.0 Å². The lowest BCUT2D eigenvalue weighted by Gasteiger charge is -2.20. The van der Waals surface area contributed by atoms with Gasteiger partial charge in [-0.2, -0.15) is 5.10 Å². The Bertz CT molecular complexity index is 1040. The quantitative estimate of drug-likeness (QED) is 0.681. The Hall–Kier alpha value is -2.63. The van der Waals surface area contributed by atoms with Crippen LogP contribution in [0.25, 0.3) is 22.3 Å². The molecule has 0 amide bonds. The van der Waals surface area contributed by atoms with Crippen LogP contribution in [0.15, 0.2) is 30.6 Å². The zero-order valence-corrected chi connectivity index (χ0v) is 17.6. The van der Waals surface area contributed by atoms with E-state index < -0.39 is 0 Å². The normalized spacial score (nSPS) is 25.9. The van der Waals surface area contributed by atoms with Gasteiger partial charge in [-0.1, -0.05) is 20.8 Å². The fourth-order valence-corrected chi connectivity index (χ4v) is 4.47. The molecule has 0 spiro atoms. The van der Waals surface area contributed by atoms with Crippen LogP contribution in [0, 0.1) is 17.8 Å². The first-order valence-electron chi connectivity index (χ1n) is 10.8. The summed E-state index contributed by atoms with van der Waals surface area (Å²) in [4.78, 5) is 11.4. The Morgan fingerprint density at radius 3 is 2.62 bits per heavy atom. The molecule has 6 rings (SSSR count). The maximum absolute atomic E-state index is 6.13. The first-order valence-corrected chi connectivity index (χ1v) is 10.8. The van der Waals surface area contributed by atoms with E-state index in [2.05, 4.69) is 51.0 Å². The molecule has 2 saturated carbocycles. The standard InChI is InChI=1S/C21H23N5O.C2H6.H2/c1-12-15-9-26(10-16(12)15)19-8-18(22-11-23-19)20-14-7-13(27-21(2)5-6-21)3-4-17(14)24-25-20;1-2;/h3-4,7-8,11-12,15-16H,5-6,9-10H2,1-2H3,(H,24,25);1-2H3;1H/t12?,15-,16+;;. The summed E-state index contributed by atoms with van der Waals surface area (Å²) < 4.78 is 6.13. The van der Waals surface area contributed by atoms with Crippen LogP contribution in [0.5, 0.6) is 5.75 Å². The molecule has 1 unspecified atom stereocenters. The number of H-pyrrole nitrogens is 1. The largest absolute Gasteiger partial charge is 0.488 e. The van der Waals surface area contributed by atoms with Gasteiger partial charge in [0.2, 0.25) is 0 Å². The predicted octanol–water partition coefficient (Wildman–Crippen LogP) is 4.93. The van der Waals surface area contributed by atoms with Gasteiger partial charge in [0, 0.05) is 26.0 Å². The van der Waals surface area contributed by atoms with E-state index in [4.69, 9.17) is 4.74 Å². The van der Waals surface area contributed by atoms with Crippen LogP contribution >= 0.6 is 0 Å². The average Bonchev–Trinajstić information content (AvgIpc) is 3.44. The number of aromatic nitrogens is 4. The molecule has 3 aliphatic rings. The van der Waals surface area contributed by atoms with Crippen molar-refractivity contribution in [3.8, 4) is 17.1 Å². The third-order valence-electron chi connectivity index (χ3n) is 6.69. The molecule has 29 heavy (non-hydrogen) atoms. The highest BCUT2D eigenvalue weighted by Gasteiger charge is 2.52. The number of ether oxygens (including phenoxy) is 1. The summed E-state index contributed by atoms with van der Waals surface area (Å²) in [6.45, 7) is 10.7. The predicted molar refractivity (Wildman–Crippen MR) is 117 cm³/mol. The van der Waals surface area contributed by atoms with Gasteiger partial charge in [-0.05, 0) is 55.7 Å². The summed E-state index contributed by atoms with van der Waals surface area (Å²) >= 11 is 0. The lowest BCUT2D eigenvalue weighted by atomic mass is 10.1. The smallest absolute Gasteiger partial charge is 0.132 e. The Morgan fingerprint density at radius 1 is 1.14 bits per heavy atom. The van der Waals surface area contributed by atoms with Gasteiger partial charge >= 0.3 is 0 Å². The molecule has 6 nitrogen and oxygen atoms in total. The van der Waals surface area contributed by atoms with Gasteiger partial charge in [0.05, 0.1) is 11.2 Å². The van der Waals surface area contributed by atoms with E-state index in [0.29, 0.717) is 0 Å². The van der Waals surface area contributed by atoms with Crippen molar-refractivity contribution in [3.05, 3.63) is 30.6 Å². The van der Waals surface area contributed by atoms with Crippen LogP contribution in [-0.2, 0) is 0 Å². The van der Waals surface area contributed by atoms with E-state index in [0.717, 1.165) is 77.5 Å². The third kappa shape index (κ3) is 3.24. The van der Waals surface area contributed by atoms with Gasteiger partial charge < -0.3 is 9.64 Å². The Labute approximate surface area is 173 Å². The molecular weight excluding hydrogens is 362 g/mol. The Morgan fingerprint density at radius 2 is 1.90 bits per heavy atom. The topological polar surface area (TPSA) is 66.9 Å². The van der Waals surface area contributed by atoms with E-state index in [1.165, 1.54) is 0 Å². The van der Waals surface area contributed by atoms with Crippen LogP contribution in [0.3, 0.4) is 0 Å². The molecule has 0 radical (unpaired) electrons. The molecule has 0 bridgehead atoms. The van der Waals surface area contributed by atoms with Gasteiger partial charge in [-0.25, -0.2) is 9.97 Å². The fourth-order valence-electron chi connectivity index (χ4n) is 4.47. The molecule has 3 atom stereocenters. The average molecular weight is 394 g/mol. The van der Waals surface area contributed by atoms with Crippen LogP contribution in [0.4, 0.5) is 5.82 Å². The number of nitrogens with zero attached hydrogens (tertiary/aromatic N) is 4. The highest BCUT2D eigenvalue weighted by Crippen LogP contribution is 2.52. The number of anilines is 1. The van der Waals surface area contributed by atoms with E-state index >= 15 is 0 Å². The van der Waals surface area contributed by atoms with Crippen molar-refractivity contribution in [2.75, 3.05) is 18.0 Å². The van der Waals surface area contributed by atoms with Crippen LogP contribution in [0.1, 0.15) is 42.0 Å². The summed E-state index contributed by atoms with van der Waals surface area (Å²) in [6.07, 6.45) is 3.90. The van der Waals surface area contributed by atoms with Crippen molar-refractivity contribution in [1.82, 2.24) is 20.2 Å². The third-order valence-corrected chi connectivity index (χ3v) is 6.69. The molecule has 3 heterocycles. The molecular formula is C23H31N5O. The lowest BCUT2D eigenvalue weighted by molar-refractivity contribution is 0.200. The lowest BCUT2D eigenvalue weighted by Crippen LogP contribution is -2.24. The molecule has 2 aromatic heterocycles. The van der Waals surface area contributed by atoms with Crippen molar-refractivity contribution in [1.29, 1.82) is 0 Å². The van der Waals surface area contributed by atoms with Crippen molar-refractivity contribution in [3.63, 3.8) is 0 Å². The second-order valence-electron chi connectivity index (χ2n) is 8.68. The number of hydrogen-bond acceptors (Lipinski definition) is 5. The SMILES string of the molecule is CC.CC1[C@H]2CN(c3cc(-c4n[nH]c5ccc(OC6(C)CC6)cc45)ncn3)C[C@@H]12.[HH]. The Kier molecular flexibility index (Phi) is 4.26. The van der Waals surface area contributed by atoms with Crippen molar-refractivity contribution >= 4 is 16.7 Å². The van der Waals surface area contributed by atoms with E-state index in [9.17, 15) is 0 Å². The van der Waals surface area contributed by atoms with Crippen LogP contribution in [-0.4, -0.2) is 38.9 Å². The number of piperidine rings is 1. The van der Waals surface area contributed by atoms with Crippen molar-refractivity contribution in [2.45, 2.75) is 46.1 Å². The van der Waals surface area contributed by atoms with Crippen LogP contribution < -0.4 is 9.64 Å². The molecule has 154 valence electrons. The number of fused-ring (bicyclic) bond motifs is 2. The zero-order valence-electron chi connectivity index (χ0n) is 17.6. The van der Waals surface area contributed by atoms with Gasteiger partial charge in [0.25, 0.3) is 0 Å². The molecule has 1 aromatic carbocycles. The minimum absolute atomic E-state index is 0. The first-order chi connectivity index (χ1) is 14.1. The molecule has 6 heteroatoms. The first kappa shape index (κ1) is 18.4. The van der Waals surface area contributed by atoms with Crippen molar-refractivity contribution in [2.24, 2.45) is 17.8 Å². The number of nitrogens with one attached hydrogen (secondary N) is 1. The monoisotopic (exact) mass is 393 g/mol. The Balaban J connectivity index is 0.000000706. The summed E-state index contributed by atoms with van der Waals surface area (Å²) in [5.41, 5.74) is 2.72. The molecule has 1 N–H and O–H groups in total. The van der Waals surface area contributed by atoms with Gasteiger partial charge in [-0.3, -0.25) is 5.10 Å².